The smallest absolute Gasteiger partial charge is 0.134 e. The summed E-state index contributed by atoms with van der Waals surface area (Å²) in [4.78, 5) is 22.3. The molecule has 0 aliphatic heterocycles. The van der Waals surface area contributed by atoms with E-state index in [1.807, 2.05) is 19.9 Å². The summed E-state index contributed by atoms with van der Waals surface area (Å²) in [5.74, 6) is -0.724. The van der Waals surface area contributed by atoms with Crippen molar-refractivity contribution in [2.24, 2.45) is 5.92 Å². The molecule has 0 aromatic heterocycles. The molecule has 0 radical (unpaired) electrons. The van der Waals surface area contributed by atoms with Crippen LogP contribution in [-0.2, 0) is 9.59 Å². The van der Waals surface area contributed by atoms with Gasteiger partial charge in [-0.05, 0) is 26.7 Å². The highest BCUT2D eigenvalue weighted by Crippen LogP contribution is 2.12. The number of hydrogen-bond donors (Lipinski definition) is 2. The number of carbonyl (C=O) groups excluding carboxylic acids is 2. The molecule has 0 spiro atoms. The minimum Gasteiger partial charge on any atom is -0.396 e. The Labute approximate surface area is 102 Å². The largest absolute Gasteiger partial charge is 0.396 e. The fraction of sp³-hybridized carbons (Fsp3) is 0.692. The first-order valence-corrected chi connectivity index (χ1v) is 5.90. The molecule has 0 amide bonds. The Morgan fingerprint density at radius 1 is 1.35 bits per heavy atom. The maximum Gasteiger partial charge on any atom is 0.134 e. The Morgan fingerprint density at radius 2 is 2.00 bits per heavy atom. The van der Waals surface area contributed by atoms with Gasteiger partial charge in [0.1, 0.15) is 12.1 Å². The number of hydrogen-bond acceptors (Lipinski definition) is 4. The average molecular weight is 242 g/mol. The minimum absolute atomic E-state index is 0.0309. The predicted octanol–water partition coefficient (Wildman–Crippen LogP) is 1.25. The van der Waals surface area contributed by atoms with E-state index < -0.39 is 12.0 Å². The molecule has 0 rings (SSSR count). The van der Waals surface area contributed by atoms with Crippen LogP contribution in [-0.4, -0.2) is 35.0 Å². The van der Waals surface area contributed by atoms with Gasteiger partial charge in [-0.1, -0.05) is 11.6 Å². The highest BCUT2D eigenvalue weighted by atomic mass is 16.3. The molecule has 0 saturated heterocycles. The highest BCUT2D eigenvalue weighted by Gasteiger charge is 2.20. The summed E-state index contributed by atoms with van der Waals surface area (Å²) >= 11 is 0. The summed E-state index contributed by atoms with van der Waals surface area (Å²) in [5.41, 5.74) is 1.16. The molecule has 4 nitrogen and oxygen atoms in total. The van der Waals surface area contributed by atoms with Gasteiger partial charge in [-0.15, -0.1) is 0 Å². The SMILES string of the molecule is CC(C)=CCCC(=O)CC(C=O)C(O)CCO. The molecule has 4 heteroatoms. The van der Waals surface area contributed by atoms with Gasteiger partial charge in [-0.3, -0.25) is 4.79 Å². The van der Waals surface area contributed by atoms with Gasteiger partial charge >= 0.3 is 0 Å². The van der Waals surface area contributed by atoms with E-state index >= 15 is 0 Å². The van der Waals surface area contributed by atoms with E-state index in [4.69, 9.17) is 5.11 Å². The second-order valence-electron chi connectivity index (χ2n) is 4.44. The van der Waals surface area contributed by atoms with Crippen molar-refractivity contribution in [2.75, 3.05) is 6.61 Å². The Balaban J connectivity index is 4.06. The fourth-order valence-corrected chi connectivity index (χ4v) is 1.51. The van der Waals surface area contributed by atoms with Gasteiger partial charge in [0.05, 0.1) is 6.10 Å². The van der Waals surface area contributed by atoms with Crippen molar-refractivity contribution in [1.82, 2.24) is 0 Å². The van der Waals surface area contributed by atoms with Crippen LogP contribution in [0.1, 0.15) is 39.5 Å². The van der Waals surface area contributed by atoms with Crippen molar-refractivity contribution in [3.8, 4) is 0 Å². The zero-order valence-electron chi connectivity index (χ0n) is 10.6. The van der Waals surface area contributed by atoms with Crippen LogP contribution in [0.25, 0.3) is 0 Å². The first kappa shape index (κ1) is 16.0. The molecule has 98 valence electrons. The summed E-state index contributed by atoms with van der Waals surface area (Å²) in [7, 11) is 0. The lowest BCUT2D eigenvalue weighted by molar-refractivity contribution is -0.125. The maximum absolute atomic E-state index is 11.5. The molecule has 17 heavy (non-hydrogen) atoms. The lowest BCUT2D eigenvalue weighted by atomic mass is 9.94. The number of aliphatic hydroxyl groups is 2. The zero-order chi connectivity index (χ0) is 13.3. The minimum atomic E-state index is -0.926. The summed E-state index contributed by atoms with van der Waals surface area (Å²) in [6.07, 6.45) is 2.89. The Hall–Kier alpha value is -1.00. The summed E-state index contributed by atoms with van der Waals surface area (Å²) in [5, 5.41) is 18.2. The van der Waals surface area contributed by atoms with Gasteiger partial charge < -0.3 is 15.0 Å². The normalized spacial score (nSPS) is 13.9. The molecule has 0 bridgehead atoms. The van der Waals surface area contributed by atoms with Gasteiger partial charge in [0.2, 0.25) is 0 Å². The number of Topliss-reactive ketones (excluding diaryl/α,β-unsaturated/α-hetero) is 1. The molecule has 0 aromatic carbocycles. The van der Waals surface area contributed by atoms with Gasteiger partial charge in [0.25, 0.3) is 0 Å². The average Bonchev–Trinajstić information content (AvgIpc) is 2.25. The molecule has 0 aliphatic carbocycles. The standard InChI is InChI=1S/C13H22O4/c1-10(2)4-3-5-12(16)8-11(9-15)13(17)6-7-14/h4,9,11,13-14,17H,3,5-8H2,1-2H3. The third-order valence-corrected chi connectivity index (χ3v) is 2.53. The van der Waals surface area contributed by atoms with Crippen LogP contribution in [0.2, 0.25) is 0 Å². The Kier molecular flexibility index (Phi) is 8.54. The molecule has 2 N–H and O–H groups in total. The number of ketones is 1. The first-order valence-electron chi connectivity index (χ1n) is 5.90. The van der Waals surface area contributed by atoms with Crippen molar-refractivity contribution in [3.63, 3.8) is 0 Å². The molecule has 2 atom stereocenters. The molecule has 0 fully saturated rings. The van der Waals surface area contributed by atoms with Crippen molar-refractivity contribution in [3.05, 3.63) is 11.6 Å². The van der Waals surface area contributed by atoms with E-state index in [0.29, 0.717) is 19.1 Å². The number of aliphatic hydroxyl groups excluding tert-OH is 2. The van der Waals surface area contributed by atoms with Crippen molar-refractivity contribution in [1.29, 1.82) is 0 Å². The quantitative estimate of drug-likeness (QED) is 0.471. The van der Waals surface area contributed by atoms with Crippen LogP contribution in [0.4, 0.5) is 0 Å². The van der Waals surface area contributed by atoms with Crippen LogP contribution in [0, 0.1) is 5.92 Å². The van der Waals surface area contributed by atoms with Gasteiger partial charge in [-0.25, -0.2) is 0 Å². The van der Waals surface area contributed by atoms with E-state index in [-0.39, 0.29) is 25.2 Å². The summed E-state index contributed by atoms with van der Waals surface area (Å²) < 4.78 is 0. The maximum atomic E-state index is 11.5. The number of aldehydes is 1. The molecule has 0 saturated carbocycles. The Bertz CT molecular complexity index is 267. The van der Waals surface area contributed by atoms with E-state index in [9.17, 15) is 14.7 Å². The first-order chi connectivity index (χ1) is 8.01. The van der Waals surface area contributed by atoms with E-state index in [0.717, 1.165) is 5.57 Å². The van der Waals surface area contributed by atoms with E-state index in [1.165, 1.54) is 0 Å². The zero-order valence-corrected chi connectivity index (χ0v) is 10.6. The number of allylic oxidation sites excluding steroid dienone is 2. The number of carbonyl (C=O) groups is 2. The predicted molar refractivity (Wildman–Crippen MR) is 65.6 cm³/mol. The monoisotopic (exact) mass is 242 g/mol. The fourth-order valence-electron chi connectivity index (χ4n) is 1.51. The van der Waals surface area contributed by atoms with Gasteiger partial charge in [-0.2, -0.15) is 0 Å². The summed E-state index contributed by atoms with van der Waals surface area (Å²) in [6, 6.07) is 0. The molecular formula is C13H22O4. The van der Waals surface area contributed by atoms with Crippen molar-refractivity contribution in [2.45, 2.75) is 45.6 Å². The second kappa shape index (κ2) is 9.07. The van der Waals surface area contributed by atoms with Crippen LogP contribution >= 0.6 is 0 Å². The van der Waals surface area contributed by atoms with Gasteiger partial charge in [0.15, 0.2) is 0 Å². The van der Waals surface area contributed by atoms with E-state index in [2.05, 4.69) is 0 Å². The molecule has 0 aliphatic rings. The summed E-state index contributed by atoms with van der Waals surface area (Å²) in [6.45, 7) is 3.74. The third-order valence-electron chi connectivity index (χ3n) is 2.53. The van der Waals surface area contributed by atoms with Crippen LogP contribution in [0.15, 0.2) is 11.6 Å². The molecule has 2 unspecified atom stereocenters. The Morgan fingerprint density at radius 3 is 2.47 bits per heavy atom. The van der Waals surface area contributed by atoms with Crippen molar-refractivity contribution < 1.29 is 19.8 Å². The van der Waals surface area contributed by atoms with Crippen LogP contribution in [0.3, 0.4) is 0 Å². The topological polar surface area (TPSA) is 74.6 Å². The van der Waals surface area contributed by atoms with E-state index in [1.54, 1.807) is 0 Å². The molecule has 0 heterocycles. The lowest BCUT2D eigenvalue weighted by Crippen LogP contribution is -2.25. The van der Waals surface area contributed by atoms with Crippen LogP contribution < -0.4 is 0 Å². The number of rotatable bonds is 9. The van der Waals surface area contributed by atoms with Crippen molar-refractivity contribution >= 4 is 12.1 Å². The second-order valence-corrected chi connectivity index (χ2v) is 4.44. The van der Waals surface area contributed by atoms with Crippen LogP contribution in [0.5, 0.6) is 0 Å². The molecular weight excluding hydrogens is 220 g/mol. The lowest BCUT2D eigenvalue weighted by Gasteiger charge is -2.15. The van der Waals surface area contributed by atoms with Gasteiger partial charge in [0, 0.05) is 25.4 Å². The third kappa shape index (κ3) is 7.82. The highest BCUT2D eigenvalue weighted by molar-refractivity contribution is 5.81. The molecule has 0 aromatic rings.